The lowest BCUT2D eigenvalue weighted by Crippen LogP contribution is -2.07. The maximum absolute atomic E-state index is 13.3. The maximum Gasteiger partial charge on any atom is 0.123 e. The molecule has 0 radical (unpaired) electrons. The van der Waals surface area contributed by atoms with Crippen molar-refractivity contribution < 1.29 is 8.78 Å². The number of nitrogens with one attached hydrogen (secondary N) is 1. The Hall–Kier alpha value is -1.74. The number of hydrogen-bond donors (Lipinski definition) is 1. The van der Waals surface area contributed by atoms with Gasteiger partial charge in [-0.2, -0.15) is 0 Å². The summed E-state index contributed by atoms with van der Waals surface area (Å²) >= 11 is 0. The Balaban J connectivity index is 2.58. The van der Waals surface area contributed by atoms with Crippen LogP contribution in [0.3, 0.4) is 0 Å². The van der Waals surface area contributed by atoms with Gasteiger partial charge < -0.3 is 5.32 Å². The van der Waals surface area contributed by atoms with Crippen molar-refractivity contribution in [1.82, 2.24) is 5.32 Å². The summed E-state index contributed by atoms with van der Waals surface area (Å²) in [7, 11) is 1.80. The molecule has 2 rings (SSSR count). The fourth-order valence-corrected chi connectivity index (χ4v) is 2.05. The lowest BCUT2D eigenvalue weighted by Gasteiger charge is -2.12. The highest BCUT2D eigenvalue weighted by Gasteiger charge is 2.09. The van der Waals surface area contributed by atoms with Gasteiger partial charge in [-0.1, -0.05) is 12.1 Å². The Bertz CT molecular complexity index is 564. The molecule has 1 nitrogen and oxygen atoms in total. The van der Waals surface area contributed by atoms with E-state index in [2.05, 4.69) is 5.32 Å². The molecule has 0 spiro atoms. The van der Waals surface area contributed by atoms with Crippen LogP contribution in [0.1, 0.15) is 11.1 Å². The van der Waals surface area contributed by atoms with Crippen LogP contribution in [-0.4, -0.2) is 7.05 Å². The lowest BCUT2D eigenvalue weighted by molar-refractivity contribution is 0.624. The summed E-state index contributed by atoms with van der Waals surface area (Å²) < 4.78 is 26.6. The van der Waals surface area contributed by atoms with Crippen molar-refractivity contribution in [3.8, 4) is 11.1 Å². The first-order valence-corrected chi connectivity index (χ1v) is 5.81. The van der Waals surface area contributed by atoms with Gasteiger partial charge in [-0.25, -0.2) is 8.78 Å². The van der Waals surface area contributed by atoms with Gasteiger partial charge in [-0.05, 0) is 60.5 Å². The van der Waals surface area contributed by atoms with Crippen LogP contribution >= 0.6 is 0 Å². The second-order valence-electron chi connectivity index (χ2n) is 4.29. The molecular weight excluding hydrogens is 232 g/mol. The van der Waals surface area contributed by atoms with Crippen LogP contribution in [0.4, 0.5) is 8.78 Å². The largest absolute Gasteiger partial charge is 0.316 e. The molecule has 0 atom stereocenters. The van der Waals surface area contributed by atoms with Gasteiger partial charge in [-0.3, -0.25) is 0 Å². The molecule has 0 heterocycles. The summed E-state index contributed by atoms with van der Waals surface area (Å²) in [5.41, 5.74) is 3.47. The van der Waals surface area contributed by atoms with Crippen molar-refractivity contribution in [3.05, 3.63) is 59.2 Å². The summed E-state index contributed by atoms with van der Waals surface area (Å²) in [6, 6.07) is 9.23. The van der Waals surface area contributed by atoms with Gasteiger partial charge in [0.25, 0.3) is 0 Å². The number of rotatable bonds is 3. The fraction of sp³-hybridized carbons (Fsp3) is 0.200. The number of benzene rings is 2. The first-order valence-electron chi connectivity index (χ1n) is 5.81. The van der Waals surface area contributed by atoms with Crippen molar-refractivity contribution in [2.45, 2.75) is 13.5 Å². The van der Waals surface area contributed by atoms with Crippen LogP contribution in [0.25, 0.3) is 11.1 Å². The van der Waals surface area contributed by atoms with Crippen LogP contribution < -0.4 is 5.32 Å². The second kappa shape index (κ2) is 5.27. The average molecular weight is 247 g/mol. The summed E-state index contributed by atoms with van der Waals surface area (Å²) in [5.74, 6) is -0.562. The Morgan fingerprint density at radius 2 is 1.61 bits per heavy atom. The van der Waals surface area contributed by atoms with E-state index in [4.69, 9.17) is 0 Å². The first kappa shape index (κ1) is 12.7. The third kappa shape index (κ3) is 2.57. The molecule has 0 bridgehead atoms. The van der Waals surface area contributed by atoms with E-state index >= 15 is 0 Å². The Kier molecular flexibility index (Phi) is 3.72. The highest BCUT2D eigenvalue weighted by atomic mass is 19.1. The molecule has 0 aliphatic carbocycles. The standard InChI is InChI=1S/C15H15F2N/c1-10-3-4-13(17)8-15(10)14-6-5-12(16)7-11(14)9-18-2/h3-8,18H,9H2,1-2H3. The second-order valence-corrected chi connectivity index (χ2v) is 4.29. The van der Waals surface area contributed by atoms with Crippen LogP contribution in [0.5, 0.6) is 0 Å². The van der Waals surface area contributed by atoms with Crippen LogP contribution in [0.2, 0.25) is 0 Å². The summed E-state index contributed by atoms with van der Waals surface area (Å²) in [6.07, 6.45) is 0. The van der Waals surface area contributed by atoms with E-state index in [1.807, 2.05) is 6.92 Å². The van der Waals surface area contributed by atoms with Gasteiger partial charge in [0.15, 0.2) is 0 Å². The van der Waals surface area contributed by atoms with Crippen molar-refractivity contribution in [1.29, 1.82) is 0 Å². The summed E-state index contributed by atoms with van der Waals surface area (Å²) in [5, 5.41) is 3.00. The van der Waals surface area contributed by atoms with E-state index in [0.29, 0.717) is 6.54 Å². The normalized spacial score (nSPS) is 10.7. The molecule has 94 valence electrons. The SMILES string of the molecule is CNCc1cc(F)ccc1-c1cc(F)ccc1C. The molecule has 0 aliphatic heterocycles. The highest BCUT2D eigenvalue weighted by Crippen LogP contribution is 2.28. The smallest absolute Gasteiger partial charge is 0.123 e. The predicted octanol–water partition coefficient (Wildman–Crippen LogP) is 3.66. The van der Waals surface area contributed by atoms with Crippen LogP contribution in [0.15, 0.2) is 36.4 Å². The molecule has 0 saturated carbocycles. The van der Waals surface area contributed by atoms with Crippen LogP contribution in [-0.2, 0) is 6.54 Å². The minimum atomic E-state index is -0.282. The monoisotopic (exact) mass is 247 g/mol. The van der Waals surface area contributed by atoms with Crippen molar-refractivity contribution in [2.24, 2.45) is 0 Å². The Morgan fingerprint density at radius 3 is 2.33 bits per heavy atom. The molecule has 0 amide bonds. The Morgan fingerprint density at radius 1 is 0.944 bits per heavy atom. The topological polar surface area (TPSA) is 12.0 Å². The van der Waals surface area contributed by atoms with Crippen molar-refractivity contribution in [2.75, 3.05) is 7.05 Å². The molecule has 0 aromatic heterocycles. The van der Waals surface area contributed by atoms with Gasteiger partial charge in [0.2, 0.25) is 0 Å². The molecule has 0 unspecified atom stereocenters. The molecule has 0 aliphatic rings. The Labute approximate surface area is 105 Å². The van der Waals surface area contributed by atoms with Crippen molar-refractivity contribution >= 4 is 0 Å². The van der Waals surface area contributed by atoms with Gasteiger partial charge in [0.05, 0.1) is 0 Å². The summed E-state index contributed by atoms with van der Waals surface area (Å²) in [6.45, 7) is 2.46. The third-order valence-corrected chi connectivity index (χ3v) is 2.92. The average Bonchev–Trinajstić information content (AvgIpc) is 2.33. The molecule has 1 N–H and O–H groups in total. The maximum atomic E-state index is 13.3. The van der Waals surface area contributed by atoms with E-state index in [1.54, 1.807) is 19.2 Å². The summed E-state index contributed by atoms with van der Waals surface area (Å²) in [4.78, 5) is 0. The highest BCUT2D eigenvalue weighted by molar-refractivity contribution is 5.70. The molecule has 0 fully saturated rings. The molecule has 2 aromatic carbocycles. The minimum absolute atomic E-state index is 0.280. The molecular formula is C15H15F2N. The van der Waals surface area contributed by atoms with Gasteiger partial charge in [-0.15, -0.1) is 0 Å². The zero-order chi connectivity index (χ0) is 13.1. The lowest BCUT2D eigenvalue weighted by atomic mass is 9.95. The first-order chi connectivity index (χ1) is 8.61. The van der Waals surface area contributed by atoms with Gasteiger partial charge in [0, 0.05) is 6.54 Å². The molecule has 0 saturated heterocycles. The number of halogens is 2. The van der Waals surface area contributed by atoms with E-state index in [0.717, 1.165) is 22.3 Å². The zero-order valence-electron chi connectivity index (χ0n) is 10.4. The van der Waals surface area contributed by atoms with E-state index in [1.165, 1.54) is 24.3 Å². The van der Waals surface area contributed by atoms with Gasteiger partial charge in [0.1, 0.15) is 11.6 Å². The van der Waals surface area contributed by atoms with E-state index < -0.39 is 0 Å². The van der Waals surface area contributed by atoms with Crippen LogP contribution in [0, 0.1) is 18.6 Å². The van der Waals surface area contributed by atoms with Gasteiger partial charge >= 0.3 is 0 Å². The predicted molar refractivity (Wildman–Crippen MR) is 69.3 cm³/mol. The fourth-order valence-electron chi connectivity index (χ4n) is 2.05. The number of hydrogen-bond acceptors (Lipinski definition) is 1. The van der Waals surface area contributed by atoms with E-state index in [9.17, 15) is 8.78 Å². The minimum Gasteiger partial charge on any atom is -0.316 e. The quantitative estimate of drug-likeness (QED) is 0.872. The molecule has 3 heteroatoms. The van der Waals surface area contributed by atoms with Crippen molar-refractivity contribution in [3.63, 3.8) is 0 Å². The number of aryl methyl sites for hydroxylation is 1. The molecule has 2 aromatic rings. The zero-order valence-corrected chi connectivity index (χ0v) is 10.4. The molecule has 18 heavy (non-hydrogen) atoms. The van der Waals surface area contributed by atoms with E-state index in [-0.39, 0.29) is 11.6 Å². The third-order valence-electron chi connectivity index (χ3n) is 2.92.